The van der Waals surface area contributed by atoms with Crippen molar-refractivity contribution in [3.63, 3.8) is 0 Å². The molecule has 2 rings (SSSR count). The van der Waals surface area contributed by atoms with Crippen molar-refractivity contribution < 1.29 is 9.53 Å². The van der Waals surface area contributed by atoms with Crippen LogP contribution in [0.15, 0.2) is 64.9 Å². The first-order valence-electron chi connectivity index (χ1n) is 12.1. The minimum Gasteiger partial charge on any atom is -0.495 e. The van der Waals surface area contributed by atoms with E-state index in [1.807, 2.05) is 13.8 Å². The second-order valence-corrected chi connectivity index (χ2v) is 7.47. The molecule has 0 aromatic carbocycles. The first kappa shape index (κ1) is 28.8. The zero-order chi connectivity index (χ0) is 25.2. The number of terminal acetylenes is 1. The first-order chi connectivity index (χ1) is 16.6. The Labute approximate surface area is 206 Å². The molecule has 34 heavy (non-hydrogen) atoms. The molecule has 0 saturated carbocycles. The second kappa shape index (κ2) is 17.3. The van der Waals surface area contributed by atoms with E-state index in [4.69, 9.17) is 11.2 Å². The summed E-state index contributed by atoms with van der Waals surface area (Å²) >= 11 is 0. The third kappa shape index (κ3) is 10.1. The van der Waals surface area contributed by atoms with E-state index in [2.05, 4.69) is 62.2 Å². The number of amides is 1. The van der Waals surface area contributed by atoms with Crippen LogP contribution in [0.4, 0.5) is 0 Å². The van der Waals surface area contributed by atoms with E-state index in [1.165, 1.54) is 11.8 Å². The molecule has 2 aliphatic rings. The fourth-order valence-electron chi connectivity index (χ4n) is 3.57. The quantitative estimate of drug-likeness (QED) is 0.210. The van der Waals surface area contributed by atoms with Crippen LogP contribution in [0.3, 0.4) is 0 Å². The molecule has 7 heteroatoms. The normalized spacial score (nSPS) is 16.4. The van der Waals surface area contributed by atoms with Gasteiger partial charge in [-0.1, -0.05) is 38.5 Å². The Morgan fingerprint density at radius 3 is 2.68 bits per heavy atom. The van der Waals surface area contributed by atoms with E-state index in [9.17, 15) is 4.79 Å². The summed E-state index contributed by atoms with van der Waals surface area (Å²) in [4.78, 5) is 21.1. The molecule has 186 valence electrons. The summed E-state index contributed by atoms with van der Waals surface area (Å²) in [6.07, 6.45) is 19.7. The van der Waals surface area contributed by atoms with Gasteiger partial charge in [-0.15, -0.1) is 6.42 Å². The highest BCUT2D eigenvalue weighted by Crippen LogP contribution is 2.21. The fourth-order valence-corrected chi connectivity index (χ4v) is 3.57. The zero-order valence-electron chi connectivity index (χ0n) is 21.3. The summed E-state index contributed by atoms with van der Waals surface area (Å²) < 4.78 is 5.57. The number of ether oxygens (including phenoxy) is 1. The van der Waals surface area contributed by atoms with Crippen LogP contribution >= 0.6 is 0 Å². The van der Waals surface area contributed by atoms with Gasteiger partial charge >= 0.3 is 0 Å². The van der Waals surface area contributed by atoms with E-state index in [-0.39, 0.29) is 11.6 Å². The van der Waals surface area contributed by atoms with Gasteiger partial charge in [-0.05, 0) is 44.9 Å². The van der Waals surface area contributed by atoms with Crippen LogP contribution in [-0.2, 0) is 9.53 Å². The van der Waals surface area contributed by atoms with E-state index in [0.717, 1.165) is 57.7 Å². The van der Waals surface area contributed by atoms with Crippen molar-refractivity contribution in [2.24, 2.45) is 4.99 Å². The van der Waals surface area contributed by atoms with E-state index >= 15 is 0 Å². The lowest BCUT2D eigenvalue weighted by Crippen LogP contribution is -2.46. The fraction of sp³-hybridized carbons (Fsp3) is 0.481. The van der Waals surface area contributed by atoms with Crippen LogP contribution in [0, 0.1) is 12.3 Å². The Bertz CT molecular complexity index is 838. The summed E-state index contributed by atoms with van der Waals surface area (Å²) in [5, 5.41) is 5.72. The minimum absolute atomic E-state index is 0.223. The molecular weight excluding hydrogens is 426 g/mol. The topological polar surface area (TPSA) is 69.2 Å². The molecule has 0 aromatic rings. The van der Waals surface area contributed by atoms with E-state index < -0.39 is 0 Å². The average molecular weight is 468 g/mol. The molecular formula is C27H41N5O2. The lowest BCUT2D eigenvalue weighted by molar-refractivity contribution is -0.117. The van der Waals surface area contributed by atoms with Gasteiger partial charge in [0.25, 0.3) is 5.91 Å². The molecule has 0 aromatic heterocycles. The van der Waals surface area contributed by atoms with Gasteiger partial charge < -0.3 is 20.3 Å². The van der Waals surface area contributed by atoms with Crippen LogP contribution in [0.25, 0.3) is 0 Å². The van der Waals surface area contributed by atoms with Gasteiger partial charge in [0.15, 0.2) is 0 Å². The minimum atomic E-state index is -0.249. The number of aliphatic imine (C=N–C) groups is 1. The second-order valence-electron chi connectivity index (χ2n) is 7.47. The molecule has 1 heterocycles. The molecule has 1 amide bonds. The maximum absolute atomic E-state index is 12.2. The average Bonchev–Trinajstić information content (AvgIpc) is 3.11. The molecule has 1 saturated heterocycles. The van der Waals surface area contributed by atoms with Gasteiger partial charge in [-0.3, -0.25) is 9.69 Å². The smallest absolute Gasteiger partial charge is 0.267 e. The van der Waals surface area contributed by atoms with E-state index in [0.29, 0.717) is 12.4 Å². The van der Waals surface area contributed by atoms with Crippen molar-refractivity contribution >= 4 is 12.1 Å². The van der Waals surface area contributed by atoms with Crippen LogP contribution in [0.2, 0.25) is 0 Å². The van der Waals surface area contributed by atoms with Gasteiger partial charge in [0.2, 0.25) is 0 Å². The number of methoxy groups -OCH3 is 1. The summed E-state index contributed by atoms with van der Waals surface area (Å²) in [5.41, 5.74) is 1.39. The SMILES string of the molecule is C#C/C=C(\N=C/C)NC(=C)C(=O)NCCCCN1CCN(C2=CC=CCC=C2OC)CC1.CC. The van der Waals surface area contributed by atoms with Crippen molar-refractivity contribution in [3.8, 4) is 12.3 Å². The number of carbonyl (C=O) groups excluding carboxylic acids is 1. The molecule has 0 spiro atoms. The molecule has 0 radical (unpaired) electrons. The maximum Gasteiger partial charge on any atom is 0.267 e. The van der Waals surface area contributed by atoms with Gasteiger partial charge in [-0.2, -0.15) is 0 Å². The van der Waals surface area contributed by atoms with Crippen LogP contribution in [-0.4, -0.2) is 68.3 Å². The van der Waals surface area contributed by atoms with Crippen molar-refractivity contribution in [1.29, 1.82) is 0 Å². The molecule has 0 bridgehead atoms. The Morgan fingerprint density at radius 1 is 1.29 bits per heavy atom. The highest BCUT2D eigenvalue weighted by atomic mass is 16.5. The number of rotatable bonds is 11. The number of allylic oxidation sites excluding steroid dienone is 5. The summed E-state index contributed by atoms with van der Waals surface area (Å²) in [6.45, 7) is 15.2. The van der Waals surface area contributed by atoms with Gasteiger partial charge in [0.1, 0.15) is 11.6 Å². The van der Waals surface area contributed by atoms with Crippen molar-refractivity contribution in [2.75, 3.05) is 46.4 Å². The number of nitrogens with zero attached hydrogens (tertiary/aromatic N) is 3. The van der Waals surface area contributed by atoms with Crippen molar-refractivity contribution in [3.05, 3.63) is 59.9 Å². The number of unbranched alkanes of at least 4 members (excludes halogenated alkanes) is 1. The van der Waals surface area contributed by atoms with Crippen LogP contribution in [0.1, 0.15) is 40.0 Å². The van der Waals surface area contributed by atoms with Crippen molar-refractivity contribution in [2.45, 2.75) is 40.0 Å². The summed E-state index contributed by atoms with van der Waals surface area (Å²) in [6, 6.07) is 0. The number of piperazine rings is 1. The van der Waals surface area contributed by atoms with Gasteiger partial charge in [0.05, 0.1) is 18.5 Å². The number of carbonyl (C=O) groups is 1. The molecule has 2 N–H and O–H groups in total. The molecule has 0 atom stereocenters. The van der Waals surface area contributed by atoms with Crippen LogP contribution < -0.4 is 10.6 Å². The molecule has 1 aliphatic carbocycles. The third-order valence-corrected chi connectivity index (χ3v) is 5.24. The predicted molar refractivity (Wildman–Crippen MR) is 142 cm³/mol. The standard InChI is InChI=1S/C25H35N5O2.C2H6/c1-5-12-24(26-6-2)28-21(3)25(31)27-15-10-11-16-29-17-19-30(20-18-29)22-13-8-7-9-14-23(22)32-4;1-2/h1,6-8,12-14,28H,3,9-11,15-20H2,2,4H3,(H,27,31);1-2H3/b24-12+,26-6-;. The summed E-state index contributed by atoms with van der Waals surface area (Å²) in [7, 11) is 1.73. The van der Waals surface area contributed by atoms with Crippen LogP contribution in [0.5, 0.6) is 0 Å². The first-order valence-corrected chi connectivity index (χ1v) is 12.1. The lowest BCUT2D eigenvalue weighted by atomic mass is 10.2. The Hall–Kier alpha value is -3.24. The van der Waals surface area contributed by atoms with E-state index in [1.54, 1.807) is 20.2 Å². The number of hydrogen-bond donors (Lipinski definition) is 2. The molecule has 0 unspecified atom stereocenters. The molecule has 7 nitrogen and oxygen atoms in total. The highest BCUT2D eigenvalue weighted by Gasteiger charge is 2.21. The molecule has 1 aliphatic heterocycles. The number of hydrogen-bond acceptors (Lipinski definition) is 6. The largest absolute Gasteiger partial charge is 0.495 e. The summed E-state index contributed by atoms with van der Waals surface area (Å²) in [5.74, 6) is 3.51. The third-order valence-electron chi connectivity index (χ3n) is 5.24. The Kier molecular flexibility index (Phi) is 14.6. The van der Waals surface area contributed by atoms with Crippen molar-refractivity contribution in [1.82, 2.24) is 20.4 Å². The Morgan fingerprint density at radius 2 is 2.03 bits per heavy atom. The van der Waals surface area contributed by atoms with Gasteiger partial charge in [0, 0.05) is 45.0 Å². The Balaban J connectivity index is 0.00000281. The van der Waals surface area contributed by atoms with Gasteiger partial charge in [-0.25, -0.2) is 4.99 Å². The molecule has 1 fully saturated rings. The predicted octanol–water partition coefficient (Wildman–Crippen LogP) is 3.57. The monoisotopic (exact) mass is 467 g/mol. The number of nitrogens with one attached hydrogen (secondary N) is 2. The maximum atomic E-state index is 12.2. The lowest BCUT2D eigenvalue weighted by Gasteiger charge is -2.37. The zero-order valence-corrected chi connectivity index (χ0v) is 21.3. The highest BCUT2D eigenvalue weighted by molar-refractivity contribution is 5.92.